The molecule has 5 aromatic carbocycles. The molecule has 0 radical (unpaired) electrons. The number of anilines is 3. The van der Waals surface area contributed by atoms with Crippen molar-refractivity contribution in [3.8, 4) is 10.4 Å². The van der Waals surface area contributed by atoms with Gasteiger partial charge in [0.15, 0.2) is 11.6 Å². The SMILES string of the molecule is CC1(C)c2cc(N(c3ccccc3)c3ccccc3)ccc2-c2sc(C=C3C(=O)c4cc5ccccc5cc4C3=O)cc21. The molecule has 2 aliphatic rings. The molecule has 2 aliphatic carbocycles. The first-order valence-electron chi connectivity index (χ1n) is 14.4. The summed E-state index contributed by atoms with van der Waals surface area (Å²) in [5, 5.41) is 1.93. The van der Waals surface area contributed by atoms with Crippen LogP contribution in [0.25, 0.3) is 27.3 Å². The van der Waals surface area contributed by atoms with E-state index in [-0.39, 0.29) is 22.6 Å². The van der Waals surface area contributed by atoms with Gasteiger partial charge in [-0.25, -0.2) is 0 Å². The zero-order valence-corrected chi connectivity index (χ0v) is 24.6. The molecule has 0 spiro atoms. The standard InChI is InChI=1S/C39H27NO2S/c1-39(2)34-21-28(40(26-13-5-3-6-14-26)27-15-7-4-8-16-27)17-18-30(34)38-35(39)23-29(43-38)22-33-36(41)31-19-24-11-9-10-12-25(24)20-32(31)37(33)42/h3-23H,1-2H3. The Morgan fingerprint density at radius 1 is 0.581 bits per heavy atom. The van der Waals surface area contributed by atoms with Crippen LogP contribution in [-0.4, -0.2) is 11.6 Å². The fraction of sp³-hybridized carbons (Fsp3) is 0.0769. The van der Waals surface area contributed by atoms with Gasteiger partial charge in [0.1, 0.15) is 0 Å². The minimum absolute atomic E-state index is 0.189. The molecule has 0 amide bonds. The van der Waals surface area contributed by atoms with Crippen LogP contribution in [0.5, 0.6) is 0 Å². The molecule has 0 unspecified atom stereocenters. The Hall–Kier alpha value is -5.06. The lowest BCUT2D eigenvalue weighted by Gasteiger charge is -2.28. The summed E-state index contributed by atoms with van der Waals surface area (Å²) in [6.45, 7) is 4.52. The number of rotatable bonds is 4. The molecule has 0 saturated carbocycles. The summed E-state index contributed by atoms with van der Waals surface area (Å²) in [6.07, 6.45) is 1.80. The van der Waals surface area contributed by atoms with Crippen LogP contribution >= 0.6 is 11.3 Å². The van der Waals surface area contributed by atoms with E-state index in [1.54, 1.807) is 17.4 Å². The molecule has 6 aromatic rings. The third-order valence-corrected chi connectivity index (χ3v) is 9.90. The summed E-state index contributed by atoms with van der Waals surface area (Å²) in [5.74, 6) is -0.379. The predicted octanol–water partition coefficient (Wildman–Crippen LogP) is 10.1. The van der Waals surface area contributed by atoms with Crippen LogP contribution in [-0.2, 0) is 5.41 Å². The molecule has 3 nitrogen and oxygen atoms in total. The number of Topliss-reactive ketones (excluding diaryl/α,β-unsaturated/α-hetero) is 2. The van der Waals surface area contributed by atoms with Gasteiger partial charge in [0, 0.05) is 43.4 Å². The van der Waals surface area contributed by atoms with Gasteiger partial charge in [-0.2, -0.15) is 0 Å². The van der Waals surface area contributed by atoms with Crippen LogP contribution in [0, 0.1) is 0 Å². The molecule has 0 bridgehead atoms. The largest absolute Gasteiger partial charge is 0.310 e. The van der Waals surface area contributed by atoms with E-state index in [9.17, 15) is 9.59 Å². The van der Waals surface area contributed by atoms with Crippen LogP contribution in [0.4, 0.5) is 17.1 Å². The van der Waals surface area contributed by atoms with Crippen molar-refractivity contribution in [1.29, 1.82) is 0 Å². The molecule has 0 aliphatic heterocycles. The molecule has 206 valence electrons. The molecule has 43 heavy (non-hydrogen) atoms. The number of ketones is 2. The summed E-state index contributed by atoms with van der Waals surface area (Å²) in [7, 11) is 0. The number of carbonyl (C=O) groups excluding carboxylic acids is 2. The maximum Gasteiger partial charge on any atom is 0.197 e. The molecule has 0 saturated heterocycles. The van der Waals surface area contributed by atoms with E-state index in [0.29, 0.717) is 11.1 Å². The second-order valence-electron chi connectivity index (χ2n) is 11.7. The number of fused-ring (bicyclic) bond motifs is 5. The molecule has 4 heteroatoms. The van der Waals surface area contributed by atoms with E-state index < -0.39 is 0 Å². The lowest BCUT2D eigenvalue weighted by atomic mass is 9.82. The van der Waals surface area contributed by atoms with Crippen molar-refractivity contribution in [2.75, 3.05) is 4.90 Å². The number of para-hydroxylation sites is 2. The number of carbonyl (C=O) groups is 2. The summed E-state index contributed by atoms with van der Waals surface area (Å²) in [5.41, 5.74) is 8.03. The number of nitrogens with zero attached hydrogens (tertiary/aromatic N) is 1. The maximum absolute atomic E-state index is 13.4. The van der Waals surface area contributed by atoms with Crippen molar-refractivity contribution in [3.05, 3.63) is 154 Å². The van der Waals surface area contributed by atoms with E-state index in [0.717, 1.165) is 32.7 Å². The van der Waals surface area contributed by atoms with Crippen LogP contribution in [0.1, 0.15) is 50.6 Å². The highest BCUT2D eigenvalue weighted by Crippen LogP contribution is 2.54. The Kier molecular flexibility index (Phi) is 5.65. The van der Waals surface area contributed by atoms with E-state index in [4.69, 9.17) is 0 Å². The van der Waals surface area contributed by atoms with E-state index in [1.165, 1.54) is 21.6 Å². The van der Waals surface area contributed by atoms with Gasteiger partial charge in [0.05, 0.1) is 5.57 Å². The van der Waals surface area contributed by atoms with Gasteiger partial charge in [0.25, 0.3) is 0 Å². The Bertz CT molecular complexity index is 2040. The van der Waals surface area contributed by atoms with Crippen molar-refractivity contribution in [3.63, 3.8) is 0 Å². The fourth-order valence-electron chi connectivity index (χ4n) is 6.56. The molecule has 8 rings (SSSR count). The van der Waals surface area contributed by atoms with Gasteiger partial charge >= 0.3 is 0 Å². The number of allylic oxidation sites excluding steroid dienone is 1. The molecular formula is C39H27NO2S. The first-order valence-corrected chi connectivity index (χ1v) is 15.2. The minimum Gasteiger partial charge on any atom is -0.310 e. The summed E-state index contributed by atoms with van der Waals surface area (Å²) in [6, 6.07) is 41.3. The maximum atomic E-state index is 13.4. The van der Waals surface area contributed by atoms with Crippen LogP contribution < -0.4 is 4.90 Å². The Morgan fingerprint density at radius 3 is 1.72 bits per heavy atom. The molecule has 0 N–H and O–H groups in total. The van der Waals surface area contributed by atoms with E-state index in [1.807, 2.05) is 48.5 Å². The number of thiophene rings is 1. The minimum atomic E-state index is -0.239. The smallest absolute Gasteiger partial charge is 0.197 e. The van der Waals surface area contributed by atoms with Crippen molar-refractivity contribution < 1.29 is 9.59 Å². The third-order valence-electron chi connectivity index (χ3n) is 8.78. The highest BCUT2D eigenvalue weighted by Gasteiger charge is 2.39. The average Bonchev–Trinajstić information content (AvgIpc) is 3.63. The summed E-state index contributed by atoms with van der Waals surface area (Å²) >= 11 is 1.65. The average molecular weight is 574 g/mol. The second-order valence-corrected chi connectivity index (χ2v) is 12.8. The Morgan fingerprint density at radius 2 is 1.14 bits per heavy atom. The quantitative estimate of drug-likeness (QED) is 0.156. The highest BCUT2D eigenvalue weighted by atomic mass is 32.1. The van der Waals surface area contributed by atoms with Gasteiger partial charge in [0.2, 0.25) is 0 Å². The normalized spacial score (nSPS) is 14.5. The number of hydrogen-bond acceptors (Lipinski definition) is 4. The second kappa shape index (κ2) is 9.48. The number of benzene rings is 5. The van der Waals surface area contributed by atoms with E-state index >= 15 is 0 Å². The third kappa shape index (κ3) is 3.94. The topological polar surface area (TPSA) is 37.4 Å². The van der Waals surface area contributed by atoms with Crippen molar-refractivity contribution in [2.24, 2.45) is 0 Å². The zero-order valence-electron chi connectivity index (χ0n) is 23.8. The van der Waals surface area contributed by atoms with Crippen molar-refractivity contribution >= 4 is 56.8 Å². The highest BCUT2D eigenvalue weighted by molar-refractivity contribution is 7.16. The molecular weight excluding hydrogens is 547 g/mol. The van der Waals surface area contributed by atoms with Gasteiger partial charge < -0.3 is 4.90 Å². The van der Waals surface area contributed by atoms with Crippen molar-refractivity contribution in [2.45, 2.75) is 19.3 Å². The Labute approximate surface area is 254 Å². The molecule has 1 heterocycles. The van der Waals surface area contributed by atoms with Gasteiger partial charge in [-0.05, 0) is 88.1 Å². The molecule has 1 aromatic heterocycles. The number of hydrogen-bond donors (Lipinski definition) is 0. The first-order chi connectivity index (χ1) is 20.9. The van der Waals surface area contributed by atoms with Crippen LogP contribution in [0.15, 0.2) is 127 Å². The van der Waals surface area contributed by atoms with Crippen LogP contribution in [0.3, 0.4) is 0 Å². The molecule has 0 fully saturated rings. The van der Waals surface area contributed by atoms with Crippen molar-refractivity contribution in [1.82, 2.24) is 0 Å². The Balaban J connectivity index is 1.19. The van der Waals surface area contributed by atoms with Gasteiger partial charge in [-0.1, -0.05) is 80.6 Å². The van der Waals surface area contributed by atoms with Gasteiger partial charge in [-0.15, -0.1) is 11.3 Å². The van der Waals surface area contributed by atoms with Crippen LogP contribution in [0.2, 0.25) is 0 Å². The lowest BCUT2D eigenvalue weighted by Crippen LogP contribution is -2.16. The first kappa shape index (κ1) is 25.6. The summed E-state index contributed by atoms with van der Waals surface area (Å²) in [4.78, 5) is 31.2. The van der Waals surface area contributed by atoms with E-state index in [2.05, 4.69) is 91.5 Å². The lowest BCUT2D eigenvalue weighted by molar-refractivity contribution is 0.0990. The predicted molar refractivity (Wildman–Crippen MR) is 177 cm³/mol. The summed E-state index contributed by atoms with van der Waals surface area (Å²) < 4.78 is 0. The fourth-order valence-corrected chi connectivity index (χ4v) is 7.86. The zero-order chi connectivity index (χ0) is 29.3. The monoisotopic (exact) mass is 573 g/mol. The molecule has 0 atom stereocenters. The van der Waals surface area contributed by atoms with Gasteiger partial charge in [-0.3, -0.25) is 9.59 Å².